The van der Waals surface area contributed by atoms with E-state index in [-0.39, 0.29) is 17.9 Å². The second kappa shape index (κ2) is 5.51. The van der Waals surface area contributed by atoms with Crippen molar-refractivity contribution in [2.75, 3.05) is 7.11 Å². The van der Waals surface area contributed by atoms with Crippen molar-refractivity contribution >= 4 is 5.97 Å². The van der Waals surface area contributed by atoms with E-state index in [2.05, 4.69) is 19.1 Å². The van der Waals surface area contributed by atoms with Crippen LogP contribution in [0.15, 0.2) is 60.7 Å². The van der Waals surface area contributed by atoms with Crippen molar-refractivity contribution in [3.05, 3.63) is 94.3 Å². The van der Waals surface area contributed by atoms with Crippen LogP contribution in [-0.4, -0.2) is 13.1 Å². The van der Waals surface area contributed by atoms with Crippen LogP contribution in [0.25, 0.3) is 11.1 Å². The van der Waals surface area contributed by atoms with Gasteiger partial charge in [-0.1, -0.05) is 30.3 Å². The lowest BCUT2D eigenvalue weighted by Gasteiger charge is -2.25. The number of carbonyl (C=O) groups excluding carboxylic acids is 1. The number of hydrogen-bond donors (Lipinski definition) is 0. The number of fused-ring (bicyclic) bond motifs is 8. The molecule has 0 N–H and O–H groups in total. The second-order valence-electron chi connectivity index (χ2n) is 7.13. The maximum Gasteiger partial charge on any atom is 0.337 e. The molecule has 27 heavy (non-hydrogen) atoms. The summed E-state index contributed by atoms with van der Waals surface area (Å²) in [7, 11) is 1.38. The molecule has 2 atom stereocenters. The van der Waals surface area contributed by atoms with E-state index < -0.39 is 5.60 Å². The highest BCUT2D eigenvalue weighted by Gasteiger charge is 2.51. The number of methoxy groups -OCH3 is 1. The lowest BCUT2D eigenvalue weighted by atomic mass is 9.77. The topological polar surface area (TPSA) is 35.5 Å². The molecule has 0 amide bonds. The van der Waals surface area contributed by atoms with Gasteiger partial charge in [0.05, 0.1) is 12.7 Å². The predicted octanol–water partition coefficient (Wildman–Crippen LogP) is 4.98. The molecule has 3 aromatic carbocycles. The Morgan fingerprint density at radius 3 is 2.30 bits per heavy atom. The Morgan fingerprint density at radius 2 is 1.59 bits per heavy atom. The molecule has 2 bridgehead atoms. The standard InChI is InChI=1S/C23H17FO3/c1-23-19-9-5-14(13-3-7-16(24)8-4-13)11-17(19)21(27-23)18-12-15(22(25)26-2)6-10-20(18)23/h3-12,21H,1-2H3. The monoisotopic (exact) mass is 360 g/mol. The van der Waals surface area contributed by atoms with E-state index in [1.165, 1.54) is 19.2 Å². The molecule has 134 valence electrons. The molecule has 3 aromatic rings. The van der Waals surface area contributed by atoms with Crippen molar-refractivity contribution in [2.45, 2.75) is 18.6 Å². The molecule has 0 spiro atoms. The van der Waals surface area contributed by atoms with Gasteiger partial charge in [0.1, 0.15) is 17.5 Å². The minimum absolute atomic E-state index is 0.218. The first-order valence-electron chi connectivity index (χ1n) is 8.82. The summed E-state index contributed by atoms with van der Waals surface area (Å²) in [5.74, 6) is -0.606. The van der Waals surface area contributed by atoms with Crippen LogP contribution in [-0.2, 0) is 15.1 Å². The van der Waals surface area contributed by atoms with Crippen LogP contribution >= 0.6 is 0 Å². The van der Waals surface area contributed by atoms with Crippen LogP contribution < -0.4 is 0 Å². The molecule has 0 fully saturated rings. The normalized spacial score (nSPS) is 21.7. The van der Waals surface area contributed by atoms with Gasteiger partial charge in [-0.05, 0) is 70.6 Å². The molecule has 3 nitrogen and oxygen atoms in total. The van der Waals surface area contributed by atoms with Crippen LogP contribution in [0.3, 0.4) is 0 Å². The maximum absolute atomic E-state index is 13.2. The Labute approximate surface area is 156 Å². The molecule has 2 aliphatic heterocycles. The van der Waals surface area contributed by atoms with E-state index in [9.17, 15) is 9.18 Å². The number of halogens is 1. The number of carbonyl (C=O) groups is 1. The highest BCUT2D eigenvalue weighted by atomic mass is 19.1. The number of ether oxygens (including phenoxy) is 2. The first kappa shape index (κ1) is 16.2. The zero-order chi connectivity index (χ0) is 18.8. The molecule has 0 radical (unpaired) electrons. The molecule has 2 unspecified atom stereocenters. The van der Waals surface area contributed by atoms with Crippen molar-refractivity contribution in [3.8, 4) is 11.1 Å². The second-order valence-corrected chi connectivity index (χ2v) is 7.13. The van der Waals surface area contributed by atoms with E-state index in [1.807, 2.05) is 18.2 Å². The number of rotatable bonds is 2. The van der Waals surface area contributed by atoms with Crippen molar-refractivity contribution in [2.24, 2.45) is 0 Å². The fourth-order valence-corrected chi connectivity index (χ4v) is 4.30. The van der Waals surface area contributed by atoms with Crippen molar-refractivity contribution in [3.63, 3.8) is 0 Å². The van der Waals surface area contributed by atoms with E-state index in [1.54, 1.807) is 18.2 Å². The third-order valence-corrected chi connectivity index (χ3v) is 5.65. The summed E-state index contributed by atoms with van der Waals surface area (Å²) in [6, 6.07) is 18.3. The van der Waals surface area contributed by atoms with Gasteiger partial charge in [0.2, 0.25) is 0 Å². The van der Waals surface area contributed by atoms with Gasteiger partial charge in [-0.15, -0.1) is 0 Å². The Kier molecular flexibility index (Phi) is 3.31. The third-order valence-electron chi connectivity index (χ3n) is 5.65. The lowest BCUT2D eigenvalue weighted by Crippen LogP contribution is -2.21. The van der Waals surface area contributed by atoms with Gasteiger partial charge in [-0.3, -0.25) is 0 Å². The molecule has 0 saturated carbocycles. The molecule has 0 saturated heterocycles. The molecule has 4 heteroatoms. The summed E-state index contributed by atoms with van der Waals surface area (Å²) in [5, 5.41) is 0. The fraction of sp³-hybridized carbons (Fsp3) is 0.174. The third kappa shape index (κ3) is 2.20. The SMILES string of the molecule is COC(=O)c1ccc2c(c1)C1OC2(C)c2ccc(-c3ccc(F)cc3)cc21. The van der Waals surface area contributed by atoms with Gasteiger partial charge in [-0.25, -0.2) is 9.18 Å². The van der Waals surface area contributed by atoms with E-state index in [4.69, 9.17) is 9.47 Å². The fourth-order valence-electron chi connectivity index (χ4n) is 4.30. The van der Waals surface area contributed by atoms with Crippen molar-refractivity contribution in [1.29, 1.82) is 0 Å². The summed E-state index contributed by atoms with van der Waals surface area (Å²) in [6.45, 7) is 2.06. The lowest BCUT2D eigenvalue weighted by molar-refractivity contribution is 0.00901. The van der Waals surface area contributed by atoms with Crippen molar-refractivity contribution in [1.82, 2.24) is 0 Å². The Morgan fingerprint density at radius 1 is 0.963 bits per heavy atom. The summed E-state index contributed by atoms with van der Waals surface area (Å²) >= 11 is 0. The highest BCUT2D eigenvalue weighted by molar-refractivity contribution is 5.90. The first-order valence-corrected chi connectivity index (χ1v) is 8.82. The highest BCUT2D eigenvalue weighted by Crippen LogP contribution is 2.58. The van der Waals surface area contributed by atoms with Gasteiger partial charge in [0.15, 0.2) is 0 Å². The Balaban J connectivity index is 1.62. The summed E-state index contributed by atoms with van der Waals surface area (Å²) in [5.41, 5.74) is 6.28. The minimum atomic E-state index is -0.523. The van der Waals surface area contributed by atoms with Gasteiger partial charge in [-0.2, -0.15) is 0 Å². The molecule has 2 aliphatic rings. The Bertz CT molecular complexity index is 1090. The molecule has 0 aliphatic carbocycles. The molecular weight excluding hydrogens is 343 g/mol. The average Bonchev–Trinajstić information content (AvgIpc) is 3.17. The van der Waals surface area contributed by atoms with E-state index in [0.29, 0.717) is 5.56 Å². The predicted molar refractivity (Wildman–Crippen MR) is 99.0 cm³/mol. The molecule has 2 heterocycles. The summed E-state index contributed by atoms with van der Waals surface area (Å²) < 4.78 is 24.4. The number of esters is 1. The van der Waals surface area contributed by atoms with Gasteiger partial charge >= 0.3 is 5.97 Å². The molecular formula is C23H17FO3. The maximum atomic E-state index is 13.2. The zero-order valence-corrected chi connectivity index (χ0v) is 15.0. The number of benzene rings is 3. The van der Waals surface area contributed by atoms with Gasteiger partial charge in [0, 0.05) is 0 Å². The molecule has 0 aromatic heterocycles. The zero-order valence-electron chi connectivity index (χ0n) is 15.0. The molecule has 5 rings (SSSR count). The van der Waals surface area contributed by atoms with Crippen LogP contribution in [0.5, 0.6) is 0 Å². The van der Waals surface area contributed by atoms with Crippen LogP contribution in [0, 0.1) is 5.82 Å². The minimum Gasteiger partial charge on any atom is -0.465 e. The van der Waals surface area contributed by atoms with Gasteiger partial charge in [0.25, 0.3) is 0 Å². The van der Waals surface area contributed by atoms with Crippen LogP contribution in [0.4, 0.5) is 4.39 Å². The quantitative estimate of drug-likeness (QED) is 0.605. The smallest absolute Gasteiger partial charge is 0.337 e. The first-order chi connectivity index (χ1) is 13.0. The largest absolute Gasteiger partial charge is 0.465 e. The van der Waals surface area contributed by atoms with Crippen LogP contribution in [0.2, 0.25) is 0 Å². The van der Waals surface area contributed by atoms with Crippen LogP contribution in [0.1, 0.15) is 45.6 Å². The number of hydrogen-bond acceptors (Lipinski definition) is 3. The Hall–Kier alpha value is -2.98. The van der Waals surface area contributed by atoms with Crippen molar-refractivity contribution < 1.29 is 18.7 Å². The van der Waals surface area contributed by atoms with E-state index in [0.717, 1.165) is 33.4 Å². The summed E-state index contributed by atoms with van der Waals surface area (Å²) in [6.07, 6.45) is -0.218. The van der Waals surface area contributed by atoms with Gasteiger partial charge < -0.3 is 9.47 Å². The average molecular weight is 360 g/mol. The summed E-state index contributed by atoms with van der Waals surface area (Å²) in [4.78, 5) is 11.9. The van der Waals surface area contributed by atoms with E-state index >= 15 is 0 Å².